The van der Waals surface area contributed by atoms with Crippen molar-refractivity contribution in [2.24, 2.45) is 24.8 Å². The molecule has 394 valence electrons. The second-order valence-electron chi connectivity index (χ2n) is 17.2. The quantitative estimate of drug-likeness (QED) is 0.0698. The molecule has 17 heteroatoms. The van der Waals surface area contributed by atoms with Crippen molar-refractivity contribution in [1.29, 1.82) is 0 Å². The number of aliphatic imine (C=N–C) groups is 1. The van der Waals surface area contributed by atoms with E-state index < -0.39 is 14.8 Å². The van der Waals surface area contributed by atoms with Crippen molar-refractivity contribution >= 4 is 38.2 Å². The zero-order valence-electron chi connectivity index (χ0n) is 43.9. The monoisotopic (exact) mass is 1080 g/mol. The Kier molecular flexibility index (Phi) is 25.6. The molecule has 6 N–H and O–H groups in total. The van der Waals surface area contributed by atoms with Crippen LogP contribution in [0.2, 0.25) is 0 Å². The SMILES string of the molecule is C/C=C\c1c(CCCC)nc(C2C=CC=CN2)n1C.C1=CNC(c2ncc3ccccn23)C=C1.C1=CNC(c2ncc3n2CCC=C3)C=C1.C=CC.Cn1ccnc1C1C=CC=CN1.NCC1=NCCC=C1.O=[Se]=O. The number of aromatic nitrogens is 8. The Morgan fingerprint density at radius 2 is 1.33 bits per heavy atom. The van der Waals surface area contributed by atoms with Gasteiger partial charge in [0.05, 0.1) is 35.0 Å². The summed E-state index contributed by atoms with van der Waals surface area (Å²) in [5.41, 5.74) is 11.1. The fourth-order valence-corrected chi connectivity index (χ4v) is 8.18. The second-order valence-corrected chi connectivity index (χ2v) is 17.4. The number of rotatable bonds is 9. The van der Waals surface area contributed by atoms with Gasteiger partial charge in [0.15, 0.2) is 0 Å². The van der Waals surface area contributed by atoms with Gasteiger partial charge in [-0.3, -0.25) is 4.99 Å². The van der Waals surface area contributed by atoms with Gasteiger partial charge < -0.3 is 45.1 Å². The number of nitrogens with one attached hydrogen (secondary N) is 4. The molecule has 0 spiro atoms. The van der Waals surface area contributed by atoms with E-state index in [9.17, 15) is 0 Å². The summed E-state index contributed by atoms with van der Waals surface area (Å²) in [4.78, 5) is 22.2. The number of dihydropyridines is 5. The van der Waals surface area contributed by atoms with Crippen molar-refractivity contribution in [2.75, 3.05) is 13.1 Å². The van der Waals surface area contributed by atoms with Gasteiger partial charge in [0.2, 0.25) is 0 Å². The van der Waals surface area contributed by atoms with Crippen LogP contribution in [0.25, 0.3) is 17.7 Å². The van der Waals surface area contributed by atoms with Crippen molar-refractivity contribution in [1.82, 2.24) is 59.3 Å². The van der Waals surface area contributed by atoms with E-state index >= 15 is 0 Å². The molecule has 0 aliphatic carbocycles. The van der Waals surface area contributed by atoms with Gasteiger partial charge >= 0.3 is 22.5 Å². The average molecular weight is 1080 g/mol. The molecule has 0 saturated carbocycles. The molecule has 0 amide bonds. The number of hydrogen-bond donors (Lipinski definition) is 5. The van der Waals surface area contributed by atoms with Gasteiger partial charge in [-0.1, -0.05) is 92.3 Å². The second kappa shape index (κ2) is 33.1. The Morgan fingerprint density at radius 1 is 0.747 bits per heavy atom. The number of imidazole rings is 4. The molecule has 5 aromatic heterocycles. The van der Waals surface area contributed by atoms with E-state index in [1.165, 1.54) is 29.9 Å². The van der Waals surface area contributed by atoms with Crippen LogP contribution in [-0.2, 0) is 34.7 Å². The summed E-state index contributed by atoms with van der Waals surface area (Å²) in [7, 11) is 4.09. The van der Waals surface area contributed by atoms with E-state index in [0.29, 0.717) is 6.54 Å². The molecular weight excluding hydrogens is 1000 g/mol. The minimum atomic E-state index is -1.62. The van der Waals surface area contributed by atoms with Crippen molar-refractivity contribution in [2.45, 2.75) is 83.6 Å². The molecule has 75 heavy (non-hydrogen) atoms. The van der Waals surface area contributed by atoms with Crippen LogP contribution in [0.15, 0.2) is 189 Å². The number of nitrogens with two attached hydrogens (primary N) is 1. The summed E-state index contributed by atoms with van der Waals surface area (Å²) in [5.74, 6) is 4.25. The number of pyridine rings is 1. The van der Waals surface area contributed by atoms with Crippen LogP contribution in [0, 0.1) is 0 Å². The maximum atomic E-state index is 8.44. The number of fused-ring (bicyclic) bond motifs is 2. The molecule has 6 aliphatic rings. The zero-order chi connectivity index (χ0) is 53.5. The number of nitrogens with zero attached hydrogens (tertiary/aromatic N) is 9. The summed E-state index contributed by atoms with van der Waals surface area (Å²) >= 11 is -1.62. The molecule has 0 radical (unpaired) electrons. The molecule has 16 nitrogen and oxygen atoms in total. The first-order chi connectivity index (χ1) is 36.8. The Morgan fingerprint density at radius 3 is 1.85 bits per heavy atom. The summed E-state index contributed by atoms with van der Waals surface area (Å²) in [6.45, 7) is 12.1. The van der Waals surface area contributed by atoms with Gasteiger partial charge in [-0.2, -0.15) is 0 Å². The molecular formula is C58H74N14O2Se. The van der Waals surface area contributed by atoms with E-state index in [2.05, 4.69) is 155 Å². The van der Waals surface area contributed by atoms with Crippen molar-refractivity contribution in [3.05, 3.63) is 224 Å². The molecule has 5 aromatic rings. The predicted octanol–water partition coefficient (Wildman–Crippen LogP) is 9.63. The molecule has 0 fully saturated rings. The van der Waals surface area contributed by atoms with Crippen LogP contribution >= 0.6 is 0 Å². The van der Waals surface area contributed by atoms with Crippen LogP contribution in [0.1, 0.15) is 111 Å². The molecule has 4 atom stereocenters. The third kappa shape index (κ3) is 17.9. The Bertz CT molecular complexity index is 2960. The first kappa shape index (κ1) is 58.0. The number of aryl methyl sites for hydroxylation is 2. The zero-order valence-corrected chi connectivity index (χ0v) is 45.6. The van der Waals surface area contributed by atoms with E-state index in [1.54, 1.807) is 6.08 Å². The minimum absolute atomic E-state index is 0.167. The van der Waals surface area contributed by atoms with E-state index in [1.807, 2.05) is 129 Å². The fourth-order valence-electron chi connectivity index (χ4n) is 8.18. The van der Waals surface area contributed by atoms with Crippen molar-refractivity contribution in [3.63, 3.8) is 0 Å². The summed E-state index contributed by atoms with van der Waals surface area (Å²) < 4.78 is 25.5. The van der Waals surface area contributed by atoms with Gasteiger partial charge in [0, 0.05) is 58.0 Å². The third-order valence-corrected chi connectivity index (χ3v) is 11.8. The summed E-state index contributed by atoms with van der Waals surface area (Å²) in [6, 6.07) is 6.86. The van der Waals surface area contributed by atoms with Crippen LogP contribution in [-0.4, -0.2) is 71.7 Å². The van der Waals surface area contributed by atoms with Gasteiger partial charge in [-0.25, -0.2) is 19.9 Å². The van der Waals surface area contributed by atoms with Gasteiger partial charge in [0.25, 0.3) is 0 Å². The van der Waals surface area contributed by atoms with Crippen LogP contribution in [0.3, 0.4) is 0 Å². The number of hydrogen-bond acceptors (Lipinski definition) is 12. The molecule has 11 rings (SSSR count). The van der Waals surface area contributed by atoms with E-state index in [4.69, 9.17) is 18.4 Å². The standard InChI is InChI=1S/C16H23N3.C12H13N3.C12H11N3.C9H11N3.C6H10N2.C3H6.O2Se/c1-4-6-10-13-15(9-5-2)19(3)16(18-13)14-11-7-8-12-17-14;2*1-3-7-13-11(6-1)12-14-9-10-5-2-4-8-15(10)12;1-12-7-6-11-9(12)8-4-2-3-5-10-8;7-5-6-3-1-2-4-8-6;2*1-3-2/h5,7-9,11-12,14,17H,4,6,10H2,1-3H3;1-3,5-7,9,11,13H,4,8H2;1-9,11,13H;2-8,10H,1H3;1,3H,2,4-5,7H2;3H,1H2,2H3;/b9-5-;;;;;;. The Balaban J connectivity index is 0.000000172. The number of allylic oxidation sites excluding steroid dienone is 11. The van der Waals surface area contributed by atoms with E-state index in [-0.39, 0.29) is 24.2 Å². The van der Waals surface area contributed by atoms with Gasteiger partial charge in [0.1, 0.15) is 47.5 Å². The first-order valence-corrected chi connectivity index (χ1v) is 26.8. The molecule has 0 bridgehead atoms. The molecule has 11 heterocycles. The third-order valence-electron chi connectivity index (χ3n) is 11.8. The molecule has 0 aromatic carbocycles. The normalized spacial score (nSPS) is 18.6. The fraction of sp³-hybridized carbons (Fsp3) is 0.293. The van der Waals surface area contributed by atoms with Crippen LogP contribution < -0.4 is 27.0 Å². The predicted molar refractivity (Wildman–Crippen MR) is 306 cm³/mol. The average Bonchev–Trinajstić information content (AvgIpc) is 4.29. The topological polar surface area (TPSA) is 191 Å². The maximum absolute atomic E-state index is 8.44. The van der Waals surface area contributed by atoms with Crippen LogP contribution in [0.4, 0.5) is 0 Å². The Hall–Kier alpha value is -7.85. The first-order valence-electron chi connectivity index (χ1n) is 25.4. The molecule has 6 aliphatic heterocycles. The summed E-state index contributed by atoms with van der Waals surface area (Å²) in [5, 5.41) is 13.1. The molecule has 0 saturated heterocycles. The van der Waals surface area contributed by atoms with Crippen molar-refractivity contribution < 1.29 is 7.67 Å². The van der Waals surface area contributed by atoms with Crippen molar-refractivity contribution in [3.8, 4) is 0 Å². The van der Waals surface area contributed by atoms with Crippen LogP contribution in [0.5, 0.6) is 0 Å². The molecule has 4 unspecified atom stereocenters. The van der Waals surface area contributed by atoms with E-state index in [0.717, 1.165) is 66.9 Å². The van der Waals surface area contributed by atoms with Gasteiger partial charge in [-0.05, 0) is 119 Å². The number of unbranched alkanes of at least 4 members (excludes halogenated alkanes) is 1. The van der Waals surface area contributed by atoms with Gasteiger partial charge in [-0.15, -0.1) is 6.58 Å². The summed E-state index contributed by atoms with van der Waals surface area (Å²) in [6.07, 6.45) is 62.1. The Labute approximate surface area is 448 Å².